The third-order valence-corrected chi connectivity index (χ3v) is 6.07. The predicted molar refractivity (Wildman–Crippen MR) is 93.8 cm³/mol. The van der Waals surface area contributed by atoms with Crippen LogP contribution in [-0.4, -0.2) is 60.6 Å². The van der Waals surface area contributed by atoms with Gasteiger partial charge in [-0.1, -0.05) is 6.07 Å². The fraction of sp³-hybridized carbons (Fsp3) is 0.467. The lowest BCUT2D eigenvalue weighted by atomic mass is 10.3. The average Bonchev–Trinajstić information content (AvgIpc) is 3.24. The van der Waals surface area contributed by atoms with Crippen molar-refractivity contribution in [3.63, 3.8) is 0 Å². The molecule has 3 heterocycles. The number of aryl methyl sites for hydroxylation is 1. The van der Waals surface area contributed by atoms with Crippen LogP contribution >= 0.6 is 11.3 Å². The maximum atomic E-state index is 12.4. The molecule has 0 aliphatic carbocycles. The van der Waals surface area contributed by atoms with Crippen molar-refractivity contribution in [3.05, 3.63) is 40.3 Å². The number of nitrogens with one attached hydrogen (secondary N) is 1. The lowest BCUT2D eigenvalue weighted by Gasteiger charge is -2.32. The van der Waals surface area contributed by atoms with Crippen LogP contribution in [0.5, 0.6) is 0 Å². The molecule has 0 aromatic carbocycles. The summed E-state index contributed by atoms with van der Waals surface area (Å²) in [6, 6.07) is 3.59. The number of amides is 1. The van der Waals surface area contributed by atoms with E-state index in [0.29, 0.717) is 18.0 Å². The number of thiophene rings is 1. The lowest BCUT2D eigenvalue weighted by Crippen LogP contribution is -2.48. The van der Waals surface area contributed by atoms with Crippen LogP contribution in [0.1, 0.15) is 15.2 Å². The van der Waals surface area contributed by atoms with E-state index >= 15 is 0 Å². The fourth-order valence-electron chi connectivity index (χ4n) is 2.62. The van der Waals surface area contributed by atoms with Gasteiger partial charge in [0.25, 0.3) is 5.91 Å². The van der Waals surface area contributed by atoms with Gasteiger partial charge in [-0.3, -0.25) is 9.48 Å². The van der Waals surface area contributed by atoms with Crippen molar-refractivity contribution in [3.8, 4) is 0 Å². The fourth-order valence-corrected chi connectivity index (χ4v) is 4.51. The number of carbonyl (C=O) groups is 1. The lowest BCUT2D eigenvalue weighted by molar-refractivity contribution is -0.0108. The molecule has 0 saturated carbocycles. The molecule has 10 heteroatoms. The Balaban J connectivity index is 1.55. The summed E-state index contributed by atoms with van der Waals surface area (Å²) in [7, 11) is -1.75. The van der Waals surface area contributed by atoms with Gasteiger partial charge in [0.15, 0.2) is 0 Å². The molecule has 3 rings (SSSR count). The molecular weight excluding hydrogens is 364 g/mol. The van der Waals surface area contributed by atoms with Gasteiger partial charge in [0.1, 0.15) is 0 Å². The minimum Gasteiger partial charge on any atom is -0.373 e. The van der Waals surface area contributed by atoms with Crippen molar-refractivity contribution >= 4 is 27.3 Å². The van der Waals surface area contributed by atoms with Gasteiger partial charge in [-0.15, -0.1) is 11.3 Å². The zero-order chi connectivity index (χ0) is 17.9. The van der Waals surface area contributed by atoms with Gasteiger partial charge in [-0.2, -0.15) is 5.10 Å². The van der Waals surface area contributed by atoms with Gasteiger partial charge < -0.3 is 9.64 Å². The summed E-state index contributed by atoms with van der Waals surface area (Å²) in [6.45, 7) is 1.25. The number of rotatable bonds is 6. The minimum absolute atomic E-state index is 0.0796. The van der Waals surface area contributed by atoms with Crippen molar-refractivity contribution in [2.45, 2.75) is 12.6 Å². The van der Waals surface area contributed by atoms with Crippen molar-refractivity contribution < 1.29 is 17.9 Å². The van der Waals surface area contributed by atoms with E-state index in [2.05, 4.69) is 9.82 Å². The first-order valence-electron chi connectivity index (χ1n) is 7.82. The summed E-state index contributed by atoms with van der Waals surface area (Å²) >= 11 is 1.38. The van der Waals surface area contributed by atoms with E-state index in [-0.39, 0.29) is 24.7 Å². The third kappa shape index (κ3) is 4.88. The summed E-state index contributed by atoms with van der Waals surface area (Å²) in [4.78, 5) is 14.7. The standard InChI is InChI=1S/C15H20N4O4S2/c1-18-9-12(7-16-18)8-17-25(21,22)11-13-10-19(4-5-23-13)15(20)14-3-2-6-24-14/h2-3,6-7,9,13,17H,4-5,8,10-11H2,1H3/t13-/m0/s1. The molecule has 136 valence electrons. The molecular formula is C15H20N4O4S2. The van der Waals surface area contributed by atoms with Crippen molar-refractivity contribution in [2.75, 3.05) is 25.4 Å². The highest BCUT2D eigenvalue weighted by atomic mass is 32.2. The molecule has 2 aromatic rings. The molecule has 25 heavy (non-hydrogen) atoms. The van der Waals surface area contributed by atoms with E-state index in [1.54, 1.807) is 35.1 Å². The van der Waals surface area contributed by atoms with Crippen molar-refractivity contribution in [1.29, 1.82) is 0 Å². The smallest absolute Gasteiger partial charge is 0.264 e. The number of hydrogen-bond acceptors (Lipinski definition) is 6. The molecule has 1 fully saturated rings. The molecule has 1 amide bonds. The van der Waals surface area contributed by atoms with Crippen LogP contribution in [0.4, 0.5) is 0 Å². The second-order valence-corrected chi connectivity index (χ2v) is 8.65. The minimum atomic E-state index is -3.52. The molecule has 2 aromatic heterocycles. The van der Waals surface area contributed by atoms with Gasteiger partial charge in [0.05, 0.1) is 29.5 Å². The Kier molecular flexibility index (Phi) is 5.52. The molecule has 1 saturated heterocycles. The Bertz CT molecular complexity index is 816. The Morgan fingerprint density at radius 2 is 2.36 bits per heavy atom. The highest BCUT2D eigenvalue weighted by Gasteiger charge is 2.29. The first-order chi connectivity index (χ1) is 11.9. The number of ether oxygens (including phenoxy) is 1. The second kappa shape index (κ2) is 7.65. The van der Waals surface area contributed by atoms with Gasteiger partial charge in [0, 0.05) is 38.4 Å². The largest absolute Gasteiger partial charge is 0.373 e. The van der Waals surface area contributed by atoms with E-state index in [9.17, 15) is 13.2 Å². The average molecular weight is 384 g/mol. The van der Waals surface area contributed by atoms with Gasteiger partial charge in [-0.05, 0) is 11.4 Å². The zero-order valence-corrected chi connectivity index (χ0v) is 15.4. The van der Waals surface area contributed by atoms with E-state index in [1.807, 2.05) is 11.4 Å². The number of carbonyl (C=O) groups excluding carboxylic acids is 1. The van der Waals surface area contributed by atoms with Crippen LogP contribution in [0.25, 0.3) is 0 Å². The quantitative estimate of drug-likeness (QED) is 0.780. The Hall–Kier alpha value is -1.75. The molecule has 0 unspecified atom stereocenters. The summed E-state index contributed by atoms with van der Waals surface area (Å²) in [5.74, 6) is -0.259. The van der Waals surface area contributed by atoms with Gasteiger partial charge >= 0.3 is 0 Å². The maximum absolute atomic E-state index is 12.4. The molecule has 1 aliphatic heterocycles. The molecule has 0 radical (unpaired) electrons. The maximum Gasteiger partial charge on any atom is 0.264 e. The Labute approximate surface area is 150 Å². The van der Waals surface area contributed by atoms with Crippen molar-refractivity contribution in [2.24, 2.45) is 7.05 Å². The summed E-state index contributed by atoms with van der Waals surface area (Å²) < 4.78 is 34.2. The van der Waals surface area contributed by atoms with Crippen LogP contribution in [0.3, 0.4) is 0 Å². The van der Waals surface area contributed by atoms with Gasteiger partial charge in [-0.25, -0.2) is 13.1 Å². The normalized spacial score (nSPS) is 18.4. The van der Waals surface area contributed by atoms with Crippen LogP contribution in [0.2, 0.25) is 0 Å². The number of aromatic nitrogens is 2. The van der Waals surface area contributed by atoms with E-state index < -0.39 is 16.1 Å². The summed E-state index contributed by atoms with van der Waals surface area (Å²) in [5, 5.41) is 5.85. The topological polar surface area (TPSA) is 93.5 Å². The SMILES string of the molecule is Cn1cc(CNS(=O)(=O)C[C@@H]2CN(C(=O)c3cccs3)CCO2)cn1. The zero-order valence-electron chi connectivity index (χ0n) is 13.8. The molecule has 1 atom stereocenters. The Morgan fingerprint density at radius 1 is 1.52 bits per heavy atom. The van der Waals surface area contributed by atoms with E-state index in [0.717, 1.165) is 5.56 Å². The predicted octanol–water partition coefficient (Wildman–Crippen LogP) is 0.442. The number of hydrogen-bond donors (Lipinski definition) is 1. The van der Waals surface area contributed by atoms with E-state index in [1.165, 1.54) is 11.3 Å². The number of nitrogens with zero attached hydrogens (tertiary/aromatic N) is 3. The first kappa shape index (κ1) is 18.1. The first-order valence-corrected chi connectivity index (χ1v) is 10.4. The highest BCUT2D eigenvalue weighted by molar-refractivity contribution is 7.89. The van der Waals surface area contributed by atoms with Crippen molar-refractivity contribution in [1.82, 2.24) is 19.4 Å². The monoisotopic (exact) mass is 384 g/mol. The van der Waals surface area contributed by atoms with Crippen LogP contribution in [-0.2, 0) is 28.4 Å². The van der Waals surface area contributed by atoms with Crippen LogP contribution in [0, 0.1) is 0 Å². The third-order valence-electron chi connectivity index (χ3n) is 3.82. The highest BCUT2D eigenvalue weighted by Crippen LogP contribution is 2.15. The molecule has 1 aliphatic rings. The van der Waals surface area contributed by atoms with Crippen LogP contribution in [0.15, 0.2) is 29.9 Å². The molecule has 1 N–H and O–H groups in total. The summed E-state index contributed by atoms with van der Waals surface area (Å²) in [6.07, 6.45) is 2.83. The second-order valence-electron chi connectivity index (χ2n) is 5.85. The summed E-state index contributed by atoms with van der Waals surface area (Å²) in [5.41, 5.74) is 0.783. The number of sulfonamides is 1. The van der Waals surface area contributed by atoms with E-state index in [4.69, 9.17) is 4.74 Å². The molecule has 8 nitrogen and oxygen atoms in total. The number of morpholine rings is 1. The van der Waals surface area contributed by atoms with Crippen LogP contribution < -0.4 is 4.72 Å². The molecule has 0 bridgehead atoms. The molecule has 0 spiro atoms. The van der Waals surface area contributed by atoms with Gasteiger partial charge in [0.2, 0.25) is 10.0 Å². The Morgan fingerprint density at radius 3 is 3.04 bits per heavy atom.